The van der Waals surface area contributed by atoms with Crippen molar-refractivity contribution in [2.75, 3.05) is 12.4 Å². The summed E-state index contributed by atoms with van der Waals surface area (Å²) < 4.78 is 11.6. The molecule has 0 unspecified atom stereocenters. The first-order chi connectivity index (χ1) is 4.85. The van der Waals surface area contributed by atoms with Crippen molar-refractivity contribution >= 4 is 11.8 Å². The molecular weight excluding hydrogens is 147 g/mol. The molecule has 0 aliphatic heterocycles. The quantitative estimate of drug-likeness (QED) is 0.543. The minimum absolute atomic E-state index is 0.160. The lowest BCUT2D eigenvalue weighted by Crippen LogP contribution is -1.99. The van der Waals surface area contributed by atoms with Gasteiger partial charge in [-0.25, -0.2) is 0 Å². The van der Waals surface area contributed by atoms with E-state index in [0.29, 0.717) is 0 Å². The predicted molar refractivity (Wildman–Crippen MR) is 47.4 cm³/mol. The molecule has 0 aromatic rings. The zero-order valence-corrected chi connectivity index (χ0v) is 7.72. The Morgan fingerprint density at radius 2 is 1.90 bits per heavy atom. The summed E-state index contributed by atoms with van der Waals surface area (Å²) in [6, 6.07) is 0. The molecule has 0 saturated carbocycles. The molecule has 0 atom stereocenters. The van der Waals surface area contributed by atoms with Gasteiger partial charge < -0.3 is 0 Å². The smallest absolute Gasteiger partial charge is 0.0902 e. The van der Waals surface area contributed by atoms with Gasteiger partial charge in [0.25, 0.3) is 0 Å². The van der Waals surface area contributed by atoms with Crippen LogP contribution in [-0.4, -0.2) is 17.7 Å². The summed E-state index contributed by atoms with van der Waals surface area (Å²) in [6.07, 6.45) is 3.15. The number of alkyl halides is 1. The van der Waals surface area contributed by atoms with Crippen LogP contribution in [0, 0.1) is 0 Å². The van der Waals surface area contributed by atoms with Gasteiger partial charge in [-0.15, -0.1) is 0 Å². The summed E-state index contributed by atoms with van der Waals surface area (Å²) in [5, 5.41) is 0.756. The van der Waals surface area contributed by atoms with Gasteiger partial charge in [0.2, 0.25) is 0 Å². The van der Waals surface area contributed by atoms with Gasteiger partial charge in [0.15, 0.2) is 0 Å². The van der Waals surface area contributed by atoms with Crippen LogP contribution in [0.5, 0.6) is 0 Å². The molecule has 0 aliphatic rings. The number of hydrogen-bond acceptors (Lipinski definition) is 1. The average Bonchev–Trinajstić information content (AvgIpc) is 1.99. The Labute approximate surface area is 67.6 Å². The van der Waals surface area contributed by atoms with Crippen LogP contribution in [0.3, 0.4) is 0 Å². The molecule has 62 valence electrons. The molecule has 0 radical (unpaired) electrons. The summed E-state index contributed by atoms with van der Waals surface area (Å²) in [4.78, 5) is 0. The van der Waals surface area contributed by atoms with Crippen molar-refractivity contribution in [3.05, 3.63) is 0 Å². The molecule has 0 saturated heterocycles. The Morgan fingerprint density at radius 1 is 1.30 bits per heavy atom. The summed E-state index contributed by atoms with van der Waals surface area (Å²) in [5.74, 6) is 0.989. The van der Waals surface area contributed by atoms with Gasteiger partial charge in [0.05, 0.1) is 6.67 Å². The van der Waals surface area contributed by atoms with Crippen molar-refractivity contribution in [3.8, 4) is 0 Å². The second kappa shape index (κ2) is 7.39. The van der Waals surface area contributed by atoms with Crippen molar-refractivity contribution in [1.82, 2.24) is 0 Å². The van der Waals surface area contributed by atoms with Gasteiger partial charge in [0, 0.05) is 5.25 Å². The fourth-order valence-corrected chi connectivity index (χ4v) is 1.91. The van der Waals surface area contributed by atoms with Crippen molar-refractivity contribution in [1.29, 1.82) is 0 Å². The van der Waals surface area contributed by atoms with Crippen molar-refractivity contribution < 1.29 is 4.39 Å². The lowest BCUT2D eigenvalue weighted by Gasteiger charge is -2.09. The van der Waals surface area contributed by atoms with Crippen molar-refractivity contribution in [2.45, 2.75) is 38.4 Å². The maximum absolute atomic E-state index is 11.6. The normalized spacial score (nSPS) is 10.8. The Kier molecular flexibility index (Phi) is 7.59. The molecule has 0 aromatic heterocycles. The maximum Gasteiger partial charge on any atom is 0.0902 e. The SMILES string of the molecule is CCC(CC)SCCCF. The standard InChI is InChI=1S/C8H17FS/c1-3-8(4-2)10-7-5-6-9/h8H,3-7H2,1-2H3. The molecule has 0 aliphatic carbocycles. The Balaban J connectivity index is 3.09. The number of hydrogen-bond donors (Lipinski definition) is 0. The molecule has 0 heterocycles. The third kappa shape index (κ3) is 5.10. The third-order valence-electron chi connectivity index (χ3n) is 1.54. The van der Waals surface area contributed by atoms with Crippen molar-refractivity contribution in [2.24, 2.45) is 0 Å². The van der Waals surface area contributed by atoms with Crippen LogP contribution in [0.4, 0.5) is 4.39 Å². The monoisotopic (exact) mass is 164 g/mol. The highest BCUT2D eigenvalue weighted by Gasteiger charge is 2.01. The number of thioether (sulfide) groups is 1. The van der Waals surface area contributed by atoms with Crippen molar-refractivity contribution in [3.63, 3.8) is 0 Å². The first kappa shape index (κ1) is 10.3. The van der Waals surface area contributed by atoms with E-state index in [9.17, 15) is 4.39 Å². The van der Waals surface area contributed by atoms with Crippen LogP contribution in [0.2, 0.25) is 0 Å². The molecule has 0 amide bonds. The molecule has 0 rings (SSSR count). The van der Waals surface area contributed by atoms with E-state index in [1.165, 1.54) is 12.8 Å². The lowest BCUT2D eigenvalue weighted by molar-refractivity contribution is 0.489. The van der Waals surface area contributed by atoms with Gasteiger partial charge in [-0.2, -0.15) is 11.8 Å². The second-order valence-electron chi connectivity index (χ2n) is 2.35. The first-order valence-corrected chi connectivity index (χ1v) is 5.07. The molecule has 0 spiro atoms. The van der Waals surface area contributed by atoms with Gasteiger partial charge in [0.1, 0.15) is 0 Å². The Bertz CT molecular complexity index is 62.3. The van der Waals surface area contributed by atoms with Gasteiger partial charge in [-0.05, 0) is 25.0 Å². The molecule has 0 fully saturated rings. The zero-order chi connectivity index (χ0) is 7.82. The third-order valence-corrected chi connectivity index (χ3v) is 3.20. The topological polar surface area (TPSA) is 0 Å². The van der Waals surface area contributed by atoms with Crippen LogP contribution in [0.1, 0.15) is 33.1 Å². The zero-order valence-electron chi connectivity index (χ0n) is 6.90. The fourth-order valence-electron chi connectivity index (χ4n) is 0.829. The molecule has 0 nitrogen and oxygen atoms in total. The van der Waals surface area contributed by atoms with Crippen LogP contribution in [0.25, 0.3) is 0 Å². The molecule has 0 aromatic carbocycles. The molecule has 2 heteroatoms. The van der Waals surface area contributed by atoms with Crippen LogP contribution >= 0.6 is 11.8 Å². The first-order valence-electron chi connectivity index (χ1n) is 4.02. The highest BCUT2D eigenvalue weighted by atomic mass is 32.2. The highest BCUT2D eigenvalue weighted by molar-refractivity contribution is 7.99. The van der Waals surface area contributed by atoms with E-state index in [-0.39, 0.29) is 6.67 Å². The largest absolute Gasteiger partial charge is 0.251 e. The number of halogens is 1. The Hall–Kier alpha value is 0.280. The van der Waals surface area contributed by atoms with E-state index in [0.717, 1.165) is 17.4 Å². The van der Waals surface area contributed by atoms with Gasteiger partial charge in [-0.1, -0.05) is 13.8 Å². The van der Waals surface area contributed by atoms with Crippen LogP contribution in [0.15, 0.2) is 0 Å². The second-order valence-corrected chi connectivity index (χ2v) is 3.76. The van der Waals surface area contributed by atoms with Gasteiger partial charge in [-0.3, -0.25) is 4.39 Å². The highest BCUT2D eigenvalue weighted by Crippen LogP contribution is 2.18. The molecular formula is C8H17FS. The summed E-state index contributed by atoms with van der Waals surface area (Å²) >= 11 is 1.91. The van der Waals surface area contributed by atoms with Crippen LogP contribution in [-0.2, 0) is 0 Å². The average molecular weight is 164 g/mol. The van der Waals surface area contributed by atoms with E-state index >= 15 is 0 Å². The van der Waals surface area contributed by atoms with Crippen LogP contribution < -0.4 is 0 Å². The van der Waals surface area contributed by atoms with Gasteiger partial charge >= 0.3 is 0 Å². The van der Waals surface area contributed by atoms with E-state index in [2.05, 4.69) is 13.8 Å². The summed E-state index contributed by atoms with van der Waals surface area (Å²) in [7, 11) is 0. The maximum atomic E-state index is 11.6. The molecule has 0 bridgehead atoms. The summed E-state index contributed by atoms with van der Waals surface area (Å²) in [6.45, 7) is 4.22. The van der Waals surface area contributed by atoms with E-state index in [1.807, 2.05) is 11.8 Å². The van der Waals surface area contributed by atoms with E-state index in [4.69, 9.17) is 0 Å². The predicted octanol–water partition coefficient (Wildman–Crippen LogP) is 3.27. The minimum atomic E-state index is -0.160. The molecule has 0 N–H and O–H groups in total. The summed E-state index contributed by atoms with van der Waals surface area (Å²) in [5.41, 5.74) is 0. The van der Waals surface area contributed by atoms with E-state index < -0.39 is 0 Å². The van der Waals surface area contributed by atoms with E-state index in [1.54, 1.807) is 0 Å². The molecule has 10 heavy (non-hydrogen) atoms. The lowest BCUT2D eigenvalue weighted by atomic mass is 10.3. The number of rotatable bonds is 6. The minimum Gasteiger partial charge on any atom is -0.251 e. The Morgan fingerprint density at radius 3 is 2.30 bits per heavy atom. The fraction of sp³-hybridized carbons (Fsp3) is 1.00.